The van der Waals surface area contributed by atoms with Gasteiger partial charge in [0.2, 0.25) is 5.78 Å². The second-order valence-corrected chi connectivity index (χ2v) is 5.33. The van der Waals surface area contributed by atoms with Crippen LogP contribution in [0.5, 0.6) is 0 Å². The molecule has 0 aliphatic heterocycles. The summed E-state index contributed by atoms with van der Waals surface area (Å²) in [5, 5.41) is 10.2. The van der Waals surface area contributed by atoms with Crippen LogP contribution < -0.4 is 0 Å². The first-order chi connectivity index (χ1) is 9.97. The minimum atomic E-state index is -1.62. The van der Waals surface area contributed by atoms with Crippen LogP contribution in [0.25, 0.3) is 0 Å². The van der Waals surface area contributed by atoms with Crippen molar-refractivity contribution >= 4 is 28.9 Å². The zero-order chi connectivity index (χ0) is 15.4. The molecule has 2 aromatic rings. The molecule has 4 nitrogen and oxygen atoms in total. The molecule has 2 rings (SSSR count). The Kier molecular flexibility index (Phi) is 4.59. The molecule has 0 atom stereocenters. The fourth-order valence-corrected chi connectivity index (χ4v) is 2.64. The predicted molar refractivity (Wildman–Crippen MR) is 75.1 cm³/mol. The van der Waals surface area contributed by atoms with Crippen LogP contribution >= 0.6 is 11.3 Å². The van der Waals surface area contributed by atoms with E-state index in [1.165, 1.54) is 6.07 Å². The van der Waals surface area contributed by atoms with Crippen molar-refractivity contribution in [1.82, 2.24) is 0 Å². The Morgan fingerprint density at radius 1 is 1.19 bits per heavy atom. The summed E-state index contributed by atoms with van der Waals surface area (Å²) in [6.45, 7) is 0. The summed E-state index contributed by atoms with van der Waals surface area (Å²) >= 11 is 1.12. The van der Waals surface area contributed by atoms with Crippen molar-refractivity contribution in [2.45, 2.75) is 12.8 Å². The van der Waals surface area contributed by atoms with Crippen molar-refractivity contribution < 1.29 is 23.9 Å². The summed E-state index contributed by atoms with van der Waals surface area (Å²) in [7, 11) is 0. The number of ketones is 2. The number of Topliss-reactive ketones (excluding diaryl/α,β-unsaturated/α-hetero) is 2. The van der Waals surface area contributed by atoms with Crippen LogP contribution in [0.15, 0.2) is 35.7 Å². The van der Waals surface area contributed by atoms with Gasteiger partial charge in [0.1, 0.15) is 5.82 Å². The van der Waals surface area contributed by atoms with Crippen molar-refractivity contribution in [3.63, 3.8) is 0 Å². The Morgan fingerprint density at radius 2 is 1.90 bits per heavy atom. The SMILES string of the molecule is O=C(O)C(=O)CC(=O)c1cc(Cc2ccccc2F)cs1. The standard InChI is InChI=1S/C15H11FO4S/c16-11-4-2-1-3-10(11)5-9-6-14(21-8-9)12(17)7-13(18)15(19)20/h1-4,6,8H,5,7H2,(H,19,20). The van der Waals surface area contributed by atoms with Crippen molar-refractivity contribution in [1.29, 1.82) is 0 Å². The zero-order valence-electron chi connectivity index (χ0n) is 10.8. The monoisotopic (exact) mass is 306 g/mol. The lowest BCUT2D eigenvalue weighted by molar-refractivity contribution is -0.148. The third-order valence-corrected chi connectivity index (χ3v) is 3.86. The average molecular weight is 306 g/mol. The summed E-state index contributed by atoms with van der Waals surface area (Å²) < 4.78 is 13.5. The van der Waals surface area contributed by atoms with Crippen molar-refractivity contribution in [2.24, 2.45) is 0 Å². The lowest BCUT2D eigenvalue weighted by Gasteiger charge is -2.00. The summed E-state index contributed by atoms with van der Waals surface area (Å²) in [6.07, 6.45) is -0.321. The van der Waals surface area contributed by atoms with Gasteiger partial charge in [0, 0.05) is 6.42 Å². The van der Waals surface area contributed by atoms with E-state index in [2.05, 4.69) is 0 Å². The van der Waals surface area contributed by atoms with Crippen LogP contribution in [-0.4, -0.2) is 22.6 Å². The molecule has 1 aromatic carbocycles. The topological polar surface area (TPSA) is 71.4 Å². The van der Waals surface area contributed by atoms with E-state index in [4.69, 9.17) is 5.11 Å². The third-order valence-electron chi connectivity index (χ3n) is 2.84. The average Bonchev–Trinajstić information content (AvgIpc) is 2.90. The van der Waals surface area contributed by atoms with Crippen molar-refractivity contribution in [2.75, 3.05) is 0 Å². The van der Waals surface area contributed by atoms with Crippen LogP contribution in [0.4, 0.5) is 4.39 Å². The molecule has 0 aliphatic carbocycles. The Labute approximate surface area is 123 Å². The number of hydrogen-bond donors (Lipinski definition) is 1. The Hall–Kier alpha value is -2.34. The minimum Gasteiger partial charge on any atom is -0.475 e. The lowest BCUT2D eigenvalue weighted by Crippen LogP contribution is -2.16. The highest BCUT2D eigenvalue weighted by molar-refractivity contribution is 7.12. The van der Waals surface area contributed by atoms with Crippen LogP contribution in [-0.2, 0) is 16.0 Å². The van der Waals surface area contributed by atoms with E-state index in [9.17, 15) is 18.8 Å². The molecule has 0 bridgehead atoms. The molecule has 1 aromatic heterocycles. The highest BCUT2D eigenvalue weighted by atomic mass is 32.1. The number of hydrogen-bond acceptors (Lipinski definition) is 4. The van der Waals surface area contributed by atoms with Crippen molar-refractivity contribution in [3.05, 3.63) is 57.5 Å². The normalized spacial score (nSPS) is 10.3. The summed E-state index contributed by atoms with van der Waals surface area (Å²) in [5.41, 5.74) is 1.26. The van der Waals surface area contributed by atoms with Gasteiger partial charge in [-0.3, -0.25) is 9.59 Å². The first kappa shape index (κ1) is 15.1. The summed E-state index contributed by atoms with van der Waals surface area (Å²) in [4.78, 5) is 33.5. The Morgan fingerprint density at radius 3 is 2.57 bits per heavy atom. The number of carboxylic acids is 1. The van der Waals surface area contributed by atoms with Crippen molar-refractivity contribution in [3.8, 4) is 0 Å². The van der Waals surface area contributed by atoms with Gasteiger partial charge >= 0.3 is 5.97 Å². The van der Waals surface area contributed by atoms with Gasteiger partial charge in [-0.05, 0) is 28.6 Å². The van der Waals surface area contributed by atoms with Gasteiger partial charge in [0.25, 0.3) is 0 Å². The molecule has 0 unspecified atom stereocenters. The van der Waals surface area contributed by atoms with Gasteiger partial charge in [0.15, 0.2) is 5.78 Å². The first-order valence-corrected chi connectivity index (χ1v) is 6.95. The third kappa shape index (κ3) is 3.82. The number of benzene rings is 1. The number of carboxylic acid groups (broad SMARTS) is 1. The van der Waals surface area contributed by atoms with E-state index >= 15 is 0 Å². The molecule has 0 radical (unpaired) electrons. The quantitative estimate of drug-likeness (QED) is 0.506. The van der Waals surface area contributed by atoms with E-state index in [0.717, 1.165) is 16.9 Å². The highest BCUT2D eigenvalue weighted by Gasteiger charge is 2.19. The Bertz CT molecular complexity index is 705. The molecule has 0 amide bonds. The number of halogens is 1. The predicted octanol–water partition coefficient (Wildman–Crippen LogP) is 2.70. The number of aliphatic carboxylic acids is 1. The second kappa shape index (κ2) is 6.41. The smallest absolute Gasteiger partial charge is 0.372 e. The number of thiophene rings is 1. The molecule has 0 saturated heterocycles. The van der Waals surface area contributed by atoms with Gasteiger partial charge in [-0.15, -0.1) is 11.3 Å². The van der Waals surface area contributed by atoms with E-state index in [1.54, 1.807) is 29.6 Å². The van der Waals surface area contributed by atoms with Crippen LogP contribution in [0, 0.1) is 5.82 Å². The fourth-order valence-electron chi connectivity index (χ4n) is 1.78. The fraction of sp³-hybridized carbons (Fsp3) is 0.133. The van der Waals surface area contributed by atoms with E-state index in [1.807, 2.05) is 0 Å². The molecule has 21 heavy (non-hydrogen) atoms. The molecule has 1 N–H and O–H groups in total. The maximum atomic E-state index is 13.5. The van der Waals surface area contributed by atoms with Crippen LogP contribution in [0.3, 0.4) is 0 Å². The molecule has 0 fully saturated rings. The van der Waals surface area contributed by atoms with E-state index < -0.39 is 24.0 Å². The van der Waals surface area contributed by atoms with Crippen LogP contribution in [0.1, 0.15) is 27.2 Å². The molecule has 0 spiro atoms. The van der Waals surface area contributed by atoms with E-state index in [-0.39, 0.29) is 5.82 Å². The molecular formula is C15H11FO4S. The first-order valence-electron chi connectivity index (χ1n) is 6.07. The maximum absolute atomic E-state index is 13.5. The number of rotatable bonds is 6. The molecular weight excluding hydrogens is 295 g/mol. The largest absolute Gasteiger partial charge is 0.475 e. The van der Waals surface area contributed by atoms with Gasteiger partial charge in [-0.25, -0.2) is 9.18 Å². The number of carbonyl (C=O) groups is 3. The van der Waals surface area contributed by atoms with Gasteiger partial charge in [0.05, 0.1) is 11.3 Å². The molecule has 0 aliphatic rings. The van der Waals surface area contributed by atoms with Gasteiger partial charge < -0.3 is 5.11 Å². The van der Waals surface area contributed by atoms with Gasteiger partial charge in [-0.1, -0.05) is 18.2 Å². The molecule has 108 valence electrons. The molecule has 1 heterocycles. The van der Waals surface area contributed by atoms with E-state index in [0.29, 0.717) is 16.9 Å². The lowest BCUT2D eigenvalue weighted by atomic mass is 10.1. The summed E-state index contributed by atoms with van der Waals surface area (Å²) in [5.74, 6) is -3.61. The van der Waals surface area contributed by atoms with Crippen LogP contribution in [0.2, 0.25) is 0 Å². The Balaban J connectivity index is 2.08. The van der Waals surface area contributed by atoms with Gasteiger partial charge in [-0.2, -0.15) is 0 Å². The summed E-state index contributed by atoms with van der Waals surface area (Å²) in [6, 6.07) is 7.90. The molecule has 0 saturated carbocycles. The maximum Gasteiger partial charge on any atom is 0.372 e. The number of carbonyl (C=O) groups excluding carboxylic acids is 2. The zero-order valence-corrected chi connectivity index (χ0v) is 11.7. The molecule has 6 heteroatoms. The second-order valence-electron chi connectivity index (χ2n) is 4.42. The highest BCUT2D eigenvalue weighted by Crippen LogP contribution is 2.20. The minimum absolute atomic E-state index is 0.302.